The smallest absolute Gasteiger partial charge is 0.147 e. The molecule has 3 saturated heterocycles. The van der Waals surface area contributed by atoms with Crippen LogP contribution in [0.15, 0.2) is 60.7 Å². The number of morpholine rings is 1. The largest absolute Gasteiger partial charge is 0.357 e. The number of quaternary nitrogens is 1. The van der Waals surface area contributed by atoms with Gasteiger partial charge in [-0.3, -0.25) is 4.79 Å². The summed E-state index contributed by atoms with van der Waals surface area (Å²) in [7, 11) is 4.70. The Labute approximate surface area is 167 Å². The number of piperidine rings is 1. The number of likely N-dealkylation sites (N-methyl/N-ethyl adjacent to an activating group) is 1. The second kappa shape index (κ2) is 6.27. The number of hydrogen-bond donors (Lipinski definition) is 0. The lowest BCUT2D eigenvalue weighted by Crippen LogP contribution is -2.58. The monoisotopic (exact) mass is 376 g/mol. The fraction of sp³-hybridized carbons (Fsp3) is 0.480. The number of ether oxygens (including phenoxy) is 1. The molecule has 3 fully saturated rings. The van der Waals surface area contributed by atoms with Gasteiger partial charge in [-0.05, 0) is 24.0 Å². The molecular weight excluding hydrogens is 346 g/mol. The van der Waals surface area contributed by atoms with Crippen LogP contribution >= 0.6 is 0 Å². The van der Waals surface area contributed by atoms with E-state index in [-0.39, 0.29) is 0 Å². The summed E-state index contributed by atoms with van der Waals surface area (Å²) in [6.45, 7) is 2.11. The highest BCUT2D eigenvalue weighted by molar-refractivity contribution is 5.93. The van der Waals surface area contributed by atoms with Gasteiger partial charge in [0.15, 0.2) is 0 Å². The molecule has 3 unspecified atom stereocenters. The Morgan fingerprint density at radius 2 is 1.39 bits per heavy atom. The zero-order valence-corrected chi connectivity index (χ0v) is 17.0. The van der Waals surface area contributed by atoms with E-state index in [1.165, 1.54) is 0 Å². The van der Waals surface area contributed by atoms with Gasteiger partial charge in [0.2, 0.25) is 0 Å². The predicted molar refractivity (Wildman–Crippen MR) is 110 cm³/mol. The third-order valence-electron chi connectivity index (χ3n) is 7.91. The Hall–Kier alpha value is -1.97. The van der Waals surface area contributed by atoms with E-state index in [4.69, 9.17) is 4.74 Å². The average molecular weight is 377 g/mol. The van der Waals surface area contributed by atoms with Crippen molar-refractivity contribution < 1.29 is 14.0 Å². The summed E-state index contributed by atoms with van der Waals surface area (Å²) in [5, 5.41) is 0. The highest BCUT2D eigenvalue weighted by Crippen LogP contribution is 2.53. The molecule has 2 aromatic rings. The van der Waals surface area contributed by atoms with Crippen LogP contribution in [0.3, 0.4) is 0 Å². The topological polar surface area (TPSA) is 29.6 Å². The predicted octanol–water partition coefficient (Wildman–Crippen LogP) is 3.96. The third-order valence-corrected chi connectivity index (χ3v) is 7.91. The first kappa shape index (κ1) is 18.1. The number of nitrogens with zero attached hydrogens (tertiary/aromatic N) is 1. The minimum atomic E-state index is -0.594. The van der Waals surface area contributed by atoms with Gasteiger partial charge >= 0.3 is 0 Å². The van der Waals surface area contributed by atoms with Gasteiger partial charge in [0.1, 0.15) is 30.1 Å². The quantitative estimate of drug-likeness (QED) is 0.584. The zero-order chi connectivity index (χ0) is 19.5. The second-order valence-corrected chi connectivity index (χ2v) is 9.65. The molecule has 3 aliphatic rings. The highest BCUT2D eigenvalue weighted by Gasteiger charge is 2.70. The lowest BCUT2D eigenvalue weighted by atomic mass is 9.69. The molecule has 0 amide bonds. The van der Waals surface area contributed by atoms with Gasteiger partial charge in [-0.15, -0.1) is 0 Å². The van der Waals surface area contributed by atoms with Crippen molar-refractivity contribution >= 4 is 5.78 Å². The summed E-state index contributed by atoms with van der Waals surface area (Å²) in [4.78, 5) is 13.8. The van der Waals surface area contributed by atoms with Gasteiger partial charge in [-0.25, -0.2) is 0 Å². The van der Waals surface area contributed by atoms with Crippen LogP contribution in [-0.4, -0.2) is 48.7 Å². The number of Topliss-reactive ketones (excluding diaryl/α,β-unsaturated/α-hetero) is 1. The van der Waals surface area contributed by atoms with Crippen LogP contribution in [0.1, 0.15) is 37.3 Å². The summed E-state index contributed by atoms with van der Waals surface area (Å²) < 4.78 is 6.99. The molecule has 3 heteroatoms. The number of carbonyl (C=O) groups excluding carboxylic acids is 1. The van der Waals surface area contributed by atoms with Crippen LogP contribution in [0.4, 0.5) is 0 Å². The molecule has 2 aromatic carbocycles. The van der Waals surface area contributed by atoms with E-state index < -0.39 is 5.41 Å². The van der Waals surface area contributed by atoms with Gasteiger partial charge in [-0.2, -0.15) is 0 Å². The van der Waals surface area contributed by atoms with Crippen LogP contribution in [0.2, 0.25) is 0 Å². The molecule has 2 bridgehead atoms. The molecule has 0 saturated carbocycles. The number of ketones is 1. The molecule has 5 rings (SSSR count). The van der Waals surface area contributed by atoms with Crippen molar-refractivity contribution in [1.82, 2.24) is 0 Å². The molecule has 5 atom stereocenters. The molecule has 0 spiro atoms. The van der Waals surface area contributed by atoms with Gasteiger partial charge in [0.05, 0.1) is 19.5 Å². The molecular formula is C25H30NO2+. The minimum absolute atomic E-state index is 0.344. The SMILES string of the molecule is CC(C(=O)CC1CC2C3O[C@H]3[C@H](C1)[N+]2(C)C)(c1ccccc1)c1ccccc1. The van der Waals surface area contributed by atoms with Gasteiger partial charge in [0.25, 0.3) is 0 Å². The van der Waals surface area contributed by atoms with E-state index in [1.807, 2.05) is 36.4 Å². The summed E-state index contributed by atoms with van der Waals surface area (Å²) in [5.74, 6) is 0.813. The van der Waals surface area contributed by atoms with Crippen LogP contribution < -0.4 is 0 Å². The fourth-order valence-corrected chi connectivity index (χ4v) is 6.01. The van der Waals surface area contributed by atoms with E-state index in [0.717, 1.165) is 28.5 Å². The maximum Gasteiger partial charge on any atom is 0.147 e. The lowest BCUT2D eigenvalue weighted by Gasteiger charge is -2.46. The van der Waals surface area contributed by atoms with Crippen LogP contribution in [0.5, 0.6) is 0 Å². The van der Waals surface area contributed by atoms with E-state index in [2.05, 4.69) is 45.3 Å². The third kappa shape index (κ3) is 2.60. The Balaban J connectivity index is 1.42. The van der Waals surface area contributed by atoms with E-state index >= 15 is 0 Å². The maximum absolute atomic E-state index is 13.8. The molecule has 3 nitrogen and oxygen atoms in total. The second-order valence-electron chi connectivity index (χ2n) is 9.65. The number of carbonyl (C=O) groups is 1. The number of benzene rings is 2. The first-order chi connectivity index (χ1) is 13.4. The van der Waals surface area contributed by atoms with Gasteiger partial charge in [-0.1, -0.05) is 60.7 Å². The van der Waals surface area contributed by atoms with Crippen molar-refractivity contribution in [1.29, 1.82) is 0 Å². The Bertz CT molecular complexity index is 816. The number of hydrogen-bond acceptors (Lipinski definition) is 2. The van der Waals surface area contributed by atoms with Crippen molar-refractivity contribution in [3.63, 3.8) is 0 Å². The van der Waals surface area contributed by atoms with Crippen LogP contribution in [0.25, 0.3) is 0 Å². The fourth-order valence-electron chi connectivity index (χ4n) is 6.01. The lowest BCUT2D eigenvalue weighted by molar-refractivity contribution is -0.938. The molecule has 3 aliphatic heterocycles. The number of epoxide rings is 1. The molecule has 0 radical (unpaired) electrons. The van der Waals surface area contributed by atoms with E-state index in [9.17, 15) is 4.79 Å². The summed E-state index contributed by atoms with van der Waals surface area (Å²) >= 11 is 0. The molecule has 28 heavy (non-hydrogen) atoms. The normalized spacial score (nSPS) is 32.6. The van der Waals surface area contributed by atoms with E-state index in [1.54, 1.807) is 0 Å². The number of rotatable bonds is 5. The first-order valence-corrected chi connectivity index (χ1v) is 10.6. The van der Waals surface area contributed by atoms with Gasteiger partial charge < -0.3 is 9.22 Å². The molecule has 146 valence electrons. The van der Waals surface area contributed by atoms with Crippen molar-refractivity contribution in [2.75, 3.05) is 14.1 Å². The molecule has 0 N–H and O–H groups in total. The van der Waals surface area contributed by atoms with Crippen LogP contribution in [0, 0.1) is 5.92 Å². The molecule has 3 heterocycles. The zero-order valence-electron chi connectivity index (χ0n) is 17.0. The first-order valence-electron chi connectivity index (χ1n) is 10.6. The Kier molecular flexibility index (Phi) is 4.05. The standard InChI is InChI=1S/C25H30NO2/c1-25(18-10-6-4-7-11-18,19-12-8-5-9-13-19)22(27)16-17-14-20-23-24(28-23)21(15-17)26(20,2)3/h4-13,17,20-21,23-24H,14-16H2,1-3H3/q+1/t17?,20-,21?,23-,24?/m0/s1. The highest BCUT2D eigenvalue weighted by atomic mass is 16.6. The molecule has 0 aromatic heterocycles. The van der Waals surface area contributed by atoms with Crippen molar-refractivity contribution in [3.05, 3.63) is 71.8 Å². The molecule has 0 aliphatic carbocycles. The minimum Gasteiger partial charge on any atom is -0.357 e. The maximum atomic E-state index is 13.8. The van der Waals surface area contributed by atoms with Crippen molar-refractivity contribution in [2.45, 2.75) is 55.9 Å². The van der Waals surface area contributed by atoms with Crippen molar-refractivity contribution in [2.24, 2.45) is 5.92 Å². The average Bonchev–Trinajstić information content (AvgIpc) is 3.47. The number of fused-ring (bicyclic) bond motifs is 5. The Morgan fingerprint density at radius 3 is 1.86 bits per heavy atom. The van der Waals surface area contributed by atoms with E-state index in [0.29, 0.717) is 42.4 Å². The van der Waals surface area contributed by atoms with Gasteiger partial charge in [0, 0.05) is 19.3 Å². The van der Waals surface area contributed by atoms with Crippen molar-refractivity contribution in [3.8, 4) is 0 Å². The Morgan fingerprint density at radius 1 is 0.929 bits per heavy atom. The van der Waals surface area contributed by atoms with Crippen LogP contribution in [-0.2, 0) is 14.9 Å². The summed E-state index contributed by atoms with van der Waals surface area (Å²) in [6.07, 6.45) is 3.75. The summed E-state index contributed by atoms with van der Waals surface area (Å²) in [6, 6.07) is 21.7. The summed E-state index contributed by atoms with van der Waals surface area (Å²) in [5.41, 5.74) is 1.59.